The van der Waals surface area contributed by atoms with Crippen LogP contribution in [0, 0.1) is 0 Å². The minimum atomic E-state index is 0.0366. The number of thioether (sulfide) groups is 1. The summed E-state index contributed by atoms with van der Waals surface area (Å²) in [5.41, 5.74) is 8.27. The van der Waals surface area contributed by atoms with Crippen LogP contribution in [-0.2, 0) is 0 Å². The molecule has 2 aromatic rings. The Morgan fingerprint density at radius 2 is 1.65 bits per heavy atom. The lowest BCUT2D eigenvalue weighted by molar-refractivity contribution is -0.495. The average Bonchev–Trinajstić information content (AvgIpc) is 2.53. The van der Waals surface area contributed by atoms with Gasteiger partial charge < -0.3 is 4.74 Å². The standard InChI is InChI=1S/C16H18N2OS/c1-19-14-10-8-13(9-11-14)15(18-16(17)20-2)12-6-4-3-5-7-12/h3-11,15H,1-2H3,(H2,17,18)/p+1/t15-/m0/s1. The van der Waals surface area contributed by atoms with E-state index in [1.165, 1.54) is 17.3 Å². The van der Waals surface area contributed by atoms with Crippen molar-refractivity contribution in [2.75, 3.05) is 13.4 Å². The maximum absolute atomic E-state index is 5.95. The summed E-state index contributed by atoms with van der Waals surface area (Å²) in [5.74, 6) is 0.849. The number of hydrogen-bond acceptors (Lipinski definition) is 2. The fraction of sp³-hybridized carbons (Fsp3) is 0.188. The number of nitrogens with two attached hydrogens (primary N) is 1. The molecule has 3 N–H and O–H groups in total. The Morgan fingerprint density at radius 3 is 2.20 bits per heavy atom. The average molecular weight is 287 g/mol. The van der Waals surface area contributed by atoms with Crippen molar-refractivity contribution >= 4 is 16.9 Å². The topological polar surface area (TPSA) is 49.2 Å². The van der Waals surface area contributed by atoms with Crippen molar-refractivity contribution < 1.29 is 9.73 Å². The molecular formula is C16H19N2OS+. The van der Waals surface area contributed by atoms with Crippen LogP contribution in [0.3, 0.4) is 0 Å². The van der Waals surface area contributed by atoms with Gasteiger partial charge in [-0.25, -0.2) is 0 Å². The van der Waals surface area contributed by atoms with E-state index in [-0.39, 0.29) is 6.04 Å². The second-order valence-electron chi connectivity index (χ2n) is 4.33. The molecule has 4 heteroatoms. The first-order valence-corrected chi connectivity index (χ1v) is 7.59. The van der Waals surface area contributed by atoms with Crippen LogP contribution in [0.1, 0.15) is 17.2 Å². The molecule has 0 amide bonds. The van der Waals surface area contributed by atoms with Crippen molar-refractivity contribution in [3.63, 3.8) is 0 Å². The van der Waals surface area contributed by atoms with Crippen LogP contribution in [0.4, 0.5) is 0 Å². The van der Waals surface area contributed by atoms with Gasteiger partial charge in [0.25, 0.3) is 0 Å². The Balaban J connectivity index is 2.40. The van der Waals surface area contributed by atoms with Gasteiger partial charge >= 0.3 is 5.17 Å². The molecule has 0 radical (unpaired) electrons. The third-order valence-electron chi connectivity index (χ3n) is 3.09. The summed E-state index contributed by atoms with van der Waals surface area (Å²) in [6.07, 6.45) is 1.96. The van der Waals surface area contributed by atoms with E-state index in [1.807, 2.05) is 36.6 Å². The van der Waals surface area contributed by atoms with E-state index in [1.54, 1.807) is 7.11 Å². The van der Waals surface area contributed by atoms with Gasteiger partial charge in [-0.2, -0.15) is 0 Å². The molecule has 3 nitrogen and oxygen atoms in total. The van der Waals surface area contributed by atoms with E-state index in [9.17, 15) is 0 Å². The molecule has 0 aliphatic rings. The van der Waals surface area contributed by atoms with Crippen LogP contribution in [0.5, 0.6) is 5.75 Å². The molecule has 0 aliphatic heterocycles. The number of nitrogens with one attached hydrogen (secondary N) is 1. The highest BCUT2D eigenvalue weighted by molar-refractivity contribution is 8.12. The summed E-state index contributed by atoms with van der Waals surface area (Å²) in [6.45, 7) is 0. The second kappa shape index (κ2) is 7.01. The number of ether oxygens (including phenoxy) is 1. The van der Waals surface area contributed by atoms with Gasteiger partial charge in [-0.3, -0.25) is 10.7 Å². The fourth-order valence-electron chi connectivity index (χ4n) is 2.00. The number of benzene rings is 2. The van der Waals surface area contributed by atoms with Crippen LogP contribution in [0.2, 0.25) is 0 Å². The van der Waals surface area contributed by atoms with Gasteiger partial charge in [0.2, 0.25) is 0 Å². The van der Waals surface area contributed by atoms with Crippen molar-refractivity contribution in [2.45, 2.75) is 6.04 Å². The predicted octanol–water partition coefficient (Wildman–Crippen LogP) is 1.54. The van der Waals surface area contributed by atoms with Gasteiger partial charge in [-0.05, 0) is 30.2 Å². The van der Waals surface area contributed by atoms with Gasteiger partial charge in [0.15, 0.2) is 0 Å². The van der Waals surface area contributed by atoms with E-state index >= 15 is 0 Å². The molecule has 2 rings (SSSR count). The highest BCUT2D eigenvalue weighted by atomic mass is 32.2. The highest BCUT2D eigenvalue weighted by Gasteiger charge is 2.16. The lowest BCUT2D eigenvalue weighted by Crippen LogP contribution is -2.76. The third kappa shape index (κ3) is 3.54. The van der Waals surface area contributed by atoms with Gasteiger partial charge in [0.1, 0.15) is 11.8 Å². The van der Waals surface area contributed by atoms with Crippen LogP contribution >= 0.6 is 11.8 Å². The van der Waals surface area contributed by atoms with E-state index < -0.39 is 0 Å². The molecule has 0 heterocycles. The van der Waals surface area contributed by atoms with Gasteiger partial charge in [0.05, 0.1) is 7.11 Å². The zero-order valence-electron chi connectivity index (χ0n) is 11.7. The van der Waals surface area contributed by atoms with Crippen molar-refractivity contribution in [1.29, 1.82) is 0 Å². The van der Waals surface area contributed by atoms with Gasteiger partial charge in [0, 0.05) is 11.1 Å². The monoisotopic (exact) mass is 287 g/mol. The van der Waals surface area contributed by atoms with Crippen molar-refractivity contribution in [2.24, 2.45) is 5.73 Å². The molecule has 104 valence electrons. The third-order valence-corrected chi connectivity index (χ3v) is 3.65. The number of hydrogen-bond donors (Lipinski definition) is 2. The maximum Gasteiger partial charge on any atom is 0.302 e. The maximum atomic E-state index is 5.95. The number of amidine groups is 1. The lowest BCUT2D eigenvalue weighted by Gasteiger charge is -2.12. The first-order chi connectivity index (χ1) is 9.74. The normalized spacial score (nSPS) is 13.0. The molecular weight excluding hydrogens is 268 g/mol. The highest BCUT2D eigenvalue weighted by Crippen LogP contribution is 2.20. The predicted molar refractivity (Wildman–Crippen MR) is 85.0 cm³/mol. The second-order valence-corrected chi connectivity index (χ2v) is 5.18. The SMILES string of the molecule is COc1ccc([C@@H]([NH+]=C(N)SC)c2ccccc2)cc1. The summed E-state index contributed by atoms with van der Waals surface area (Å²) >= 11 is 1.51. The molecule has 0 saturated heterocycles. The smallest absolute Gasteiger partial charge is 0.302 e. The van der Waals surface area contributed by atoms with Gasteiger partial charge in [-0.1, -0.05) is 42.5 Å². The lowest BCUT2D eigenvalue weighted by atomic mass is 9.99. The molecule has 0 saturated carbocycles. The molecule has 0 fully saturated rings. The van der Waals surface area contributed by atoms with E-state index in [0.717, 1.165) is 11.3 Å². The van der Waals surface area contributed by atoms with Crippen LogP contribution < -0.4 is 15.5 Å². The molecule has 20 heavy (non-hydrogen) atoms. The van der Waals surface area contributed by atoms with Crippen molar-refractivity contribution in [1.82, 2.24) is 0 Å². The summed E-state index contributed by atoms with van der Waals surface area (Å²) in [4.78, 5) is 3.35. The quantitative estimate of drug-likeness (QED) is 0.662. The fourth-order valence-corrected chi connectivity index (χ4v) is 2.24. The van der Waals surface area contributed by atoms with Crippen molar-refractivity contribution in [3.8, 4) is 5.75 Å². The molecule has 0 spiro atoms. The summed E-state index contributed by atoms with van der Waals surface area (Å²) < 4.78 is 5.20. The van der Waals surface area contributed by atoms with Crippen molar-refractivity contribution in [3.05, 3.63) is 65.7 Å². The number of rotatable bonds is 4. The molecule has 2 aromatic carbocycles. The van der Waals surface area contributed by atoms with E-state index in [0.29, 0.717) is 5.17 Å². The zero-order valence-corrected chi connectivity index (χ0v) is 12.5. The molecule has 1 atom stereocenters. The van der Waals surface area contributed by atoms with Crippen LogP contribution in [-0.4, -0.2) is 18.5 Å². The van der Waals surface area contributed by atoms with E-state index in [4.69, 9.17) is 10.5 Å². The number of methoxy groups -OCH3 is 1. The first-order valence-electron chi connectivity index (χ1n) is 6.36. The minimum Gasteiger partial charge on any atom is -0.497 e. The van der Waals surface area contributed by atoms with E-state index in [2.05, 4.69) is 29.3 Å². The van der Waals surface area contributed by atoms with Crippen LogP contribution in [0.25, 0.3) is 0 Å². The summed E-state index contributed by atoms with van der Waals surface area (Å²) in [6, 6.07) is 18.3. The first kappa shape index (κ1) is 14.5. The molecule has 0 unspecified atom stereocenters. The Morgan fingerprint density at radius 1 is 1.05 bits per heavy atom. The van der Waals surface area contributed by atoms with Crippen LogP contribution in [0.15, 0.2) is 54.6 Å². The Hall–Kier alpha value is -1.94. The summed E-state index contributed by atoms with van der Waals surface area (Å²) in [7, 11) is 1.67. The summed E-state index contributed by atoms with van der Waals surface area (Å²) in [5, 5.41) is 0.703. The molecule has 0 aromatic heterocycles. The van der Waals surface area contributed by atoms with Gasteiger partial charge in [-0.15, -0.1) is 0 Å². The largest absolute Gasteiger partial charge is 0.497 e. The Bertz CT molecular complexity index is 567. The molecule has 0 aliphatic carbocycles. The minimum absolute atomic E-state index is 0.0366. The zero-order chi connectivity index (χ0) is 14.4. The molecule has 0 bridgehead atoms. The Kier molecular flexibility index (Phi) is 5.07. The Labute approximate surface area is 123 Å².